The molecule has 0 aliphatic rings. The molecule has 1 aromatic heterocycles. The molecule has 4 aromatic rings. The topological polar surface area (TPSA) is 61.2 Å². The monoisotopic (exact) mass is 564 g/mol. The first-order valence-electron chi connectivity index (χ1n) is 11.1. The van der Waals surface area contributed by atoms with Gasteiger partial charge in [-0.05, 0) is 95.1 Å². The molecule has 1 heterocycles. The lowest BCUT2D eigenvalue weighted by Crippen LogP contribution is -2.22. The van der Waals surface area contributed by atoms with Crippen molar-refractivity contribution in [2.75, 3.05) is 6.61 Å². The quantitative estimate of drug-likeness (QED) is 0.199. The Morgan fingerprint density at radius 2 is 1.74 bits per heavy atom. The third kappa shape index (κ3) is 5.12. The van der Waals surface area contributed by atoms with Crippen molar-refractivity contribution in [2.24, 2.45) is 0 Å². The van der Waals surface area contributed by atoms with Crippen LogP contribution in [-0.2, 0) is 4.74 Å². The summed E-state index contributed by atoms with van der Waals surface area (Å²) in [6.45, 7) is 6.40. The van der Waals surface area contributed by atoms with E-state index in [2.05, 4.69) is 60.7 Å². The second-order valence-electron chi connectivity index (χ2n) is 8.19. The number of benzene rings is 3. The number of hydrogen-bond donors (Lipinski definition) is 0. The fourth-order valence-electron chi connectivity index (χ4n) is 3.66. The highest BCUT2D eigenvalue weighted by atomic mass is 127. The lowest BCUT2D eigenvalue weighted by Gasteiger charge is -2.12. The summed E-state index contributed by atoms with van der Waals surface area (Å²) in [5, 5.41) is 0.541. The summed E-state index contributed by atoms with van der Waals surface area (Å²) in [5.74, 6) is 0.582. The molecule has 0 unspecified atom stereocenters. The van der Waals surface area contributed by atoms with Crippen LogP contribution in [-0.4, -0.2) is 22.1 Å². The van der Waals surface area contributed by atoms with Crippen LogP contribution < -0.4 is 5.56 Å². The number of halogens is 1. The van der Waals surface area contributed by atoms with Crippen molar-refractivity contribution >= 4 is 51.6 Å². The van der Waals surface area contributed by atoms with E-state index in [1.807, 2.05) is 30.4 Å². The molecule has 0 radical (unpaired) electrons. The number of carbonyl (C=O) groups is 1. The Morgan fingerprint density at radius 1 is 1.03 bits per heavy atom. The normalized spacial score (nSPS) is 11.4. The number of rotatable bonds is 6. The average Bonchev–Trinajstić information content (AvgIpc) is 2.84. The molecule has 0 N–H and O–H groups in total. The van der Waals surface area contributed by atoms with Crippen molar-refractivity contribution in [3.05, 3.63) is 103 Å². The van der Waals surface area contributed by atoms with E-state index in [1.54, 1.807) is 35.8 Å². The van der Waals surface area contributed by atoms with E-state index >= 15 is 0 Å². The van der Waals surface area contributed by atoms with Crippen molar-refractivity contribution in [3.63, 3.8) is 0 Å². The van der Waals surface area contributed by atoms with Gasteiger partial charge in [0, 0.05) is 3.57 Å². The minimum Gasteiger partial charge on any atom is -0.462 e. The minimum absolute atomic E-state index is 0.165. The number of fused-ring (bicyclic) bond motifs is 1. The number of hydrogen-bond acceptors (Lipinski definition) is 4. The first kappa shape index (κ1) is 23.9. The van der Waals surface area contributed by atoms with E-state index in [4.69, 9.17) is 9.72 Å². The third-order valence-corrected chi connectivity index (χ3v) is 6.19. The lowest BCUT2D eigenvalue weighted by atomic mass is 10.0. The summed E-state index contributed by atoms with van der Waals surface area (Å²) in [7, 11) is 0. The molecule has 3 aromatic carbocycles. The van der Waals surface area contributed by atoms with E-state index in [9.17, 15) is 9.59 Å². The first-order chi connectivity index (χ1) is 16.4. The number of nitrogens with zero attached hydrogens (tertiary/aromatic N) is 2. The van der Waals surface area contributed by atoms with Crippen LogP contribution in [0.5, 0.6) is 0 Å². The highest BCUT2D eigenvalue weighted by molar-refractivity contribution is 14.1. The summed E-state index contributed by atoms with van der Waals surface area (Å²) >= 11 is 2.19. The summed E-state index contributed by atoms with van der Waals surface area (Å²) in [4.78, 5) is 30.4. The fraction of sp³-hybridized carbons (Fsp3) is 0.179. The van der Waals surface area contributed by atoms with Gasteiger partial charge in [0.25, 0.3) is 5.56 Å². The van der Waals surface area contributed by atoms with E-state index < -0.39 is 5.97 Å². The SMILES string of the molecule is CCOC(=O)c1ccc(-n2c(/C=C/c3ccc(C(C)C)cc3)nc3ccc(I)cc3c2=O)cc1. The predicted molar refractivity (Wildman–Crippen MR) is 145 cm³/mol. The fourth-order valence-corrected chi connectivity index (χ4v) is 4.15. The maximum Gasteiger partial charge on any atom is 0.338 e. The van der Waals surface area contributed by atoms with Gasteiger partial charge in [-0.3, -0.25) is 9.36 Å². The number of aromatic nitrogens is 2. The molecular formula is C28H25IN2O3. The Balaban J connectivity index is 1.82. The van der Waals surface area contributed by atoms with Crippen molar-refractivity contribution in [1.29, 1.82) is 0 Å². The molecule has 0 spiro atoms. The zero-order valence-corrected chi connectivity index (χ0v) is 21.4. The molecule has 0 bridgehead atoms. The van der Waals surface area contributed by atoms with E-state index in [1.165, 1.54) is 5.56 Å². The largest absolute Gasteiger partial charge is 0.462 e. The summed E-state index contributed by atoms with van der Waals surface area (Å²) in [6.07, 6.45) is 3.80. The summed E-state index contributed by atoms with van der Waals surface area (Å²) in [5.41, 5.74) is 3.83. The van der Waals surface area contributed by atoms with Crippen molar-refractivity contribution in [3.8, 4) is 5.69 Å². The van der Waals surface area contributed by atoms with Gasteiger partial charge in [-0.25, -0.2) is 9.78 Å². The molecule has 0 amide bonds. The Morgan fingerprint density at radius 3 is 2.38 bits per heavy atom. The van der Waals surface area contributed by atoms with Crippen LogP contribution in [0.3, 0.4) is 0 Å². The standard InChI is InChI=1S/C28H25IN2O3/c1-4-34-28(33)21-10-13-23(14-11-21)31-26(16-7-19-5-8-20(9-6-19)18(2)3)30-25-15-12-22(29)17-24(25)27(31)32/h5-18H,4H2,1-3H3/b16-7+. The van der Waals surface area contributed by atoms with Gasteiger partial charge in [-0.1, -0.05) is 44.2 Å². The second-order valence-corrected chi connectivity index (χ2v) is 9.44. The van der Waals surface area contributed by atoms with Crippen molar-refractivity contribution in [2.45, 2.75) is 26.7 Å². The molecule has 0 saturated heterocycles. The lowest BCUT2D eigenvalue weighted by molar-refractivity contribution is 0.0526. The molecule has 172 valence electrons. The summed E-state index contributed by atoms with van der Waals surface area (Å²) < 4.78 is 7.61. The van der Waals surface area contributed by atoms with Gasteiger partial charge in [0.1, 0.15) is 5.82 Å². The molecule has 34 heavy (non-hydrogen) atoms. The first-order valence-corrected chi connectivity index (χ1v) is 12.2. The van der Waals surface area contributed by atoms with Crippen molar-refractivity contribution in [1.82, 2.24) is 9.55 Å². The average molecular weight is 564 g/mol. The maximum atomic E-state index is 13.5. The molecule has 0 saturated carbocycles. The van der Waals surface area contributed by atoms with Gasteiger partial charge in [0.05, 0.1) is 28.8 Å². The molecule has 0 atom stereocenters. The van der Waals surface area contributed by atoms with Gasteiger partial charge in [0.15, 0.2) is 0 Å². The molecule has 0 aliphatic heterocycles. The van der Waals surface area contributed by atoms with Crippen LogP contribution in [0, 0.1) is 3.57 Å². The van der Waals surface area contributed by atoms with Gasteiger partial charge in [-0.2, -0.15) is 0 Å². The zero-order chi connectivity index (χ0) is 24.2. The van der Waals surface area contributed by atoms with Gasteiger partial charge >= 0.3 is 5.97 Å². The molecule has 0 aliphatic carbocycles. The van der Waals surface area contributed by atoms with E-state index in [0.717, 1.165) is 9.13 Å². The van der Waals surface area contributed by atoms with Gasteiger partial charge < -0.3 is 4.74 Å². The Bertz CT molecular complexity index is 1420. The Hall–Kier alpha value is -3.26. The molecule has 6 heteroatoms. The second kappa shape index (κ2) is 10.3. The smallest absolute Gasteiger partial charge is 0.338 e. The molecule has 0 fully saturated rings. The highest BCUT2D eigenvalue weighted by Crippen LogP contribution is 2.19. The zero-order valence-electron chi connectivity index (χ0n) is 19.3. The molecular weight excluding hydrogens is 539 g/mol. The van der Waals surface area contributed by atoms with Crippen LogP contribution in [0.1, 0.15) is 54.0 Å². The number of esters is 1. The van der Waals surface area contributed by atoms with Crippen LogP contribution in [0.4, 0.5) is 0 Å². The van der Waals surface area contributed by atoms with Crippen LogP contribution >= 0.6 is 22.6 Å². The predicted octanol–water partition coefficient (Wildman–Crippen LogP) is 6.46. The van der Waals surface area contributed by atoms with Gasteiger partial charge in [0.2, 0.25) is 0 Å². The minimum atomic E-state index is -0.391. The Labute approximate surface area is 212 Å². The van der Waals surface area contributed by atoms with Crippen LogP contribution in [0.25, 0.3) is 28.7 Å². The van der Waals surface area contributed by atoms with Crippen LogP contribution in [0.15, 0.2) is 71.5 Å². The van der Waals surface area contributed by atoms with Crippen molar-refractivity contribution < 1.29 is 9.53 Å². The maximum absolute atomic E-state index is 13.5. The Kier molecular flexibility index (Phi) is 7.26. The number of ether oxygens (including phenoxy) is 1. The highest BCUT2D eigenvalue weighted by Gasteiger charge is 2.13. The summed E-state index contributed by atoms with van der Waals surface area (Å²) in [6, 6.07) is 20.8. The molecule has 4 rings (SSSR count). The number of carbonyl (C=O) groups excluding carboxylic acids is 1. The molecule has 5 nitrogen and oxygen atoms in total. The van der Waals surface area contributed by atoms with E-state index in [0.29, 0.717) is 40.5 Å². The van der Waals surface area contributed by atoms with E-state index in [-0.39, 0.29) is 5.56 Å². The van der Waals surface area contributed by atoms with Crippen LogP contribution in [0.2, 0.25) is 0 Å². The third-order valence-electron chi connectivity index (χ3n) is 5.52. The van der Waals surface area contributed by atoms with Gasteiger partial charge in [-0.15, -0.1) is 0 Å².